The van der Waals surface area contributed by atoms with Gasteiger partial charge in [0.05, 0.1) is 0 Å². The third kappa shape index (κ3) is 5.98. The van der Waals surface area contributed by atoms with E-state index >= 15 is 0 Å². The summed E-state index contributed by atoms with van der Waals surface area (Å²) in [7, 11) is 0. The molecule has 0 aliphatic rings. The zero-order valence-electron chi connectivity index (χ0n) is 13.6. The Bertz CT molecular complexity index is 504. The molecule has 0 spiro atoms. The van der Waals surface area contributed by atoms with E-state index in [1.807, 2.05) is 39.0 Å². The minimum Gasteiger partial charge on any atom is -0.326 e. The zero-order chi connectivity index (χ0) is 16.0. The summed E-state index contributed by atoms with van der Waals surface area (Å²) >= 11 is 0. The molecule has 2 amide bonds. The number of rotatable bonds is 5. The van der Waals surface area contributed by atoms with Gasteiger partial charge in [-0.3, -0.25) is 9.59 Å². The standard InChI is InChI=1S/C17H26N2O2/c1-6-12(2)10-15(20)18-13-8-7-9-14(11-13)19-16(21)17(3,4)5/h7-9,11-12H,6,10H2,1-5H3,(H,18,20)(H,19,21). The fourth-order valence-corrected chi connectivity index (χ4v) is 1.67. The lowest BCUT2D eigenvalue weighted by molar-refractivity contribution is -0.123. The Morgan fingerprint density at radius 1 is 1.14 bits per heavy atom. The molecular formula is C17H26N2O2. The van der Waals surface area contributed by atoms with Gasteiger partial charge in [-0.05, 0) is 24.1 Å². The smallest absolute Gasteiger partial charge is 0.229 e. The van der Waals surface area contributed by atoms with Crippen LogP contribution in [0.4, 0.5) is 11.4 Å². The van der Waals surface area contributed by atoms with Gasteiger partial charge in [-0.2, -0.15) is 0 Å². The summed E-state index contributed by atoms with van der Waals surface area (Å²) in [5.74, 6) is 0.322. The van der Waals surface area contributed by atoms with Crippen LogP contribution in [0.5, 0.6) is 0 Å². The first-order valence-corrected chi connectivity index (χ1v) is 7.43. The summed E-state index contributed by atoms with van der Waals surface area (Å²) in [5, 5.41) is 5.73. The highest BCUT2D eigenvalue weighted by Gasteiger charge is 2.21. The second kappa shape index (κ2) is 7.25. The molecule has 0 heterocycles. The summed E-state index contributed by atoms with van der Waals surface area (Å²) in [6.45, 7) is 9.71. The minimum atomic E-state index is -0.449. The second-order valence-corrected chi connectivity index (χ2v) is 6.55. The maximum atomic E-state index is 12.0. The van der Waals surface area contributed by atoms with Crippen molar-refractivity contribution in [2.45, 2.75) is 47.5 Å². The topological polar surface area (TPSA) is 58.2 Å². The van der Waals surface area contributed by atoms with Gasteiger partial charge in [0.15, 0.2) is 0 Å². The molecule has 1 aromatic carbocycles. The SMILES string of the molecule is CCC(C)CC(=O)Nc1cccc(NC(=O)C(C)(C)C)c1. The van der Waals surface area contributed by atoms with Gasteiger partial charge >= 0.3 is 0 Å². The molecule has 0 aliphatic heterocycles. The molecule has 2 N–H and O–H groups in total. The summed E-state index contributed by atoms with van der Waals surface area (Å²) in [6, 6.07) is 7.23. The number of anilines is 2. The summed E-state index contributed by atoms with van der Waals surface area (Å²) < 4.78 is 0. The van der Waals surface area contributed by atoms with Gasteiger partial charge in [0.1, 0.15) is 0 Å². The number of hydrogen-bond acceptors (Lipinski definition) is 2. The van der Waals surface area contributed by atoms with Crippen molar-refractivity contribution in [1.82, 2.24) is 0 Å². The van der Waals surface area contributed by atoms with Gasteiger partial charge in [0.25, 0.3) is 0 Å². The second-order valence-electron chi connectivity index (χ2n) is 6.55. The Hall–Kier alpha value is -1.84. The zero-order valence-corrected chi connectivity index (χ0v) is 13.6. The predicted molar refractivity (Wildman–Crippen MR) is 87.2 cm³/mol. The van der Waals surface area contributed by atoms with Crippen LogP contribution in [0.1, 0.15) is 47.5 Å². The predicted octanol–water partition coefficient (Wildman–Crippen LogP) is 4.05. The number of nitrogens with one attached hydrogen (secondary N) is 2. The highest BCUT2D eigenvalue weighted by molar-refractivity contribution is 5.96. The summed E-state index contributed by atoms with van der Waals surface area (Å²) in [5.41, 5.74) is 0.946. The van der Waals surface area contributed by atoms with Crippen LogP contribution in [0.2, 0.25) is 0 Å². The van der Waals surface area contributed by atoms with E-state index in [4.69, 9.17) is 0 Å². The lowest BCUT2D eigenvalue weighted by Gasteiger charge is -2.18. The van der Waals surface area contributed by atoms with E-state index < -0.39 is 5.41 Å². The highest BCUT2D eigenvalue weighted by Crippen LogP contribution is 2.20. The molecule has 4 heteroatoms. The molecule has 1 rings (SSSR count). The van der Waals surface area contributed by atoms with Gasteiger partial charge in [0.2, 0.25) is 11.8 Å². The summed E-state index contributed by atoms with van der Waals surface area (Å²) in [6.07, 6.45) is 1.49. The van der Waals surface area contributed by atoms with Crippen molar-refractivity contribution < 1.29 is 9.59 Å². The van der Waals surface area contributed by atoms with Crippen LogP contribution in [0.25, 0.3) is 0 Å². The number of hydrogen-bond donors (Lipinski definition) is 2. The van der Waals surface area contributed by atoms with Crippen LogP contribution in [0, 0.1) is 11.3 Å². The van der Waals surface area contributed by atoms with Gasteiger partial charge in [-0.15, -0.1) is 0 Å². The van der Waals surface area contributed by atoms with Crippen molar-refractivity contribution in [2.75, 3.05) is 10.6 Å². The molecular weight excluding hydrogens is 264 g/mol. The molecule has 116 valence electrons. The third-order valence-corrected chi connectivity index (χ3v) is 3.32. The van der Waals surface area contributed by atoms with Crippen molar-refractivity contribution in [3.05, 3.63) is 24.3 Å². The normalized spacial score (nSPS) is 12.6. The Morgan fingerprint density at radius 2 is 1.71 bits per heavy atom. The Labute approximate surface area is 127 Å². The largest absolute Gasteiger partial charge is 0.326 e. The molecule has 4 nitrogen and oxygen atoms in total. The maximum absolute atomic E-state index is 12.0. The molecule has 0 fully saturated rings. The van der Waals surface area contributed by atoms with Crippen LogP contribution >= 0.6 is 0 Å². The molecule has 1 atom stereocenters. The maximum Gasteiger partial charge on any atom is 0.229 e. The van der Waals surface area contributed by atoms with Crippen LogP contribution in [0.3, 0.4) is 0 Å². The Morgan fingerprint density at radius 3 is 2.24 bits per heavy atom. The first kappa shape index (κ1) is 17.2. The van der Waals surface area contributed by atoms with Gasteiger partial charge in [-0.1, -0.05) is 47.1 Å². The van der Waals surface area contributed by atoms with E-state index in [1.165, 1.54) is 0 Å². The lowest BCUT2D eigenvalue weighted by Crippen LogP contribution is -2.27. The molecule has 0 aromatic heterocycles. The summed E-state index contributed by atoms with van der Waals surface area (Å²) in [4.78, 5) is 23.8. The molecule has 0 radical (unpaired) electrons. The molecule has 0 aliphatic carbocycles. The average molecular weight is 290 g/mol. The van der Waals surface area contributed by atoms with E-state index in [0.29, 0.717) is 23.7 Å². The number of amides is 2. The van der Waals surface area contributed by atoms with Crippen molar-refractivity contribution >= 4 is 23.2 Å². The molecule has 0 saturated carbocycles. The fraction of sp³-hybridized carbons (Fsp3) is 0.529. The van der Waals surface area contributed by atoms with Crippen molar-refractivity contribution in [3.8, 4) is 0 Å². The highest BCUT2D eigenvalue weighted by atomic mass is 16.2. The molecule has 1 unspecified atom stereocenters. The number of carbonyl (C=O) groups excluding carboxylic acids is 2. The van der Waals surface area contributed by atoms with Gasteiger partial charge in [-0.25, -0.2) is 0 Å². The van der Waals surface area contributed by atoms with Crippen molar-refractivity contribution in [3.63, 3.8) is 0 Å². The average Bonchev–Trinajstić information content (AvgIpc) is 2.37. The fourth-order valence-electron chi connectivity index (χ4n) is 1.67. The van der Waals surface area contributed by atoms with Crippen LogP contribution in [0.15, 0.2) is 24.3 Å². The monoisotopic (exact) mass is 290 g/mol. The molecule has 1 aromatic rings. The first-order valence-electron chi connectivity index (χ1n) is 7.43. The molecule has 0 bridgehead atoms. The van der Waals surface area contributed by atoms with Gasteiger partial charge < -0.3 is 10.6 Å². The van der Waals surface area contributed by atoms with Crippen molar-refractivity contribution in [2.24, 2.45) is 11.3 Å². The van der Waals surface area contributed by atoms with E-state index in [9.17, 15) is 9.59 Å². The van der Waals surface area contributed by atoms with E-state index in [0.717, 1.165) is 6.42 Å². The number of benzene rings is 1. The lowest BCUT2D eigenvalue weighted by atomic mass is 9.95. The third-order valence-electron chi connectivity index (χ3n) is 3.32. The van der Waals surface area contributed by atoms with Crippen LogP contribution in [-0.4, -0.2) is 11.8 Å². The Kier molecular flexibility index (Phi) is 5.94. The Balaban J connectivity index is 2.68. The van der Waals surface area contributed by atoms with E-state index in [2.05, 4.69) is 24.5 Å². The van der Waals surface area contributed by atoms with Crippen molar-refractivity contribution in [1.29, 1.82) is 0 Å². The number of carbonyl (C=O) groups is 2. The van der Waals surface area contributed by atoms with Gasteiger partial charge in [0, 0.05) is 23.2 Å². The van der Waals surface area contributed by atoms with Crippen LogP contribution < -0.4 is 10.6 Å². The first-order chi connectivity index (χ1) is 9.72. The molecule has 21 heavy (non-hydrogen) atoms. The quantitative estimate of drug-likeness (QED) is 0.859. The minimum absolute atomic E-state index is 0.00338. The van der Waals surface area contributed by atoms with E-state index in [1.54, 1.807) is 6.07 Å². The molecule has 0 saturated heterocycles. The van der Waals surface area contributed by atoms with E-state index in [-0.39, 0.29) is 11.8 Å². The van der Waals surface area contributed by atoms with Crippen LogP contribution in [-0.2, 0) is 9.59 Å².